The van der Waals surface area contributed by atoms with Crippen LogP contribution in [-0.4, -0.2) is 12.4 Å². The Hall–Kier alpha value is -0.790. The molecule has 2 nitrogen and oxygen atoms in total. The summed E-state index contributed by atoms with van der Waals surface area (Å²) in [6.45, 7) is -0.359. The maximum atomic E-state index is 13.3. The second-order valence-corrected chi connectivity index (χ2v) is 7.25. The third kappa shape index (κ3) is 3.40. The normalized spacial score (nSPS) is 10.5. The van der Waals surface area contributed by atoms with Gasteiger partial charge in [-0.1, -0.05) is 6.07 Å². The molecule has 0 bridgehead atoms. The van der Waals surface area contributed by atoms with Gasteiger partial charge in [0, 0.05) is 5.56 Å². The fraction of sp³-hybridized carbons (Fsp3) is 0.0833. The monoisotopic (exact) mass is 410 g/mol. The first-order chi connectivity index (χ1) is 8.99. The van der Waals surface area contributed by atoms with Gasteiger partial charge in [0.2, 0.25) is 11.6 Å². The van der Waals surface area contributed by atoms with E-state index < -0.39 is 11.6 Å². The van der Waals surface area contributed by atoms with Crippen molar-refractivity contribution in [2.45, 2.75) is 0 Å². The largest absolute Gasteiger partial charge is 0.482 e. The summed E-state index contributed by atoms with van der Waals surface area (Å²) < 4.78 is 32.7. The van der Waals surface area contributed by atoms with E-state index in [1.165, 1.54) is 23.5 Å². The Morgan fingerprint density at radius 2 is 2.05 bits per heavy atom. The molecule has 0 N–H and O–H groups in total. The molecule has 1 aromatic heterocycles. The van der Waals surface area contributed by atoms with Crippen molar-refractivity contribution in [2.24, 2.45) is 0 Å². The van der Waals surface area contributed by atoms with Gasteiger partial charge in [0.25, 0.3) is 0 Å². The molecule has 2 rings (SSSR count). The molecule has 0 saturated heterocycles. The molecule has 1 aromatic carbocycles. The summed E-state index contributed by atoms with van der Waals surface area (Å²) in [5.74, 6) is -2.71. The van der Waals surface area contributed by atoms with E-state index in [0.29, 0.717) is 9.35 Å². The van der Waals surface area contributed by atoms with Crippen LogP contribution in [0.3, 0.4) is 0 Å². The highest BCUT2D eigenvalue weighted by Crippen LogP contribution is 2.32. The Morgan fingerprint density at radius 1 is 1.32 bits per heavy atom. The molecule has 0 spiro atoms. The van der Waals surface area contributed by atoms with E-state index >= 15 is 0 Å². The average molecular weight is 412 g/mol. The van der Waals surface area contributed by atoms with Crippen molar-refractivity contribution in [3.05, 3.63) is 49.0 Å². The highest BCUT2D eigenvalue weighted by molar-refractivity contribution is 9.12. The van der Waals surface area contributed by atoms with Crippen LogP contribution in [0.1, 0.15) is 10.4 Å². The molecule has 0 fully saturated rings. The Balaban J connectivity index is 2.09. The zero-order valence-electron chi connectivity index (χ0n) is 9.25. The van der Waals surface area contributed by atoms with E-state index in [9.17, 15) is 13.6 Å². The lowest BCUT2D eigenvalue weighted by Crippen LogP contribution is -2.12. The Bertz CT molecular complexity index is 628. The molecule has 100 valence electrons. The topological polar surface area (TPSA) is 26.3 Å². The average Bonchev–Trinajstić information content (AvgIpc) is 2.70. The van der Waals surface area contributed by atoms with Gasteiger partial charge in [-0.2, -0.15) is 4.39 Å². The predicted molar refractivity (Wildman–Crippen MR) is 75.9 cm³/mol. The number of ether oxygens (including phenoxy) is 1. The van der Waals surface area contributed by atoms with Crippen molar-refractivity contribution >= 4 is 49.0 Å². The van der Waals surface area contributed by atoms with Gasteiger partial charge in [0.05, 0.1) is 7.57 Å². The molecule has 0 saturated carbocycles. The van der Waals surface area contributed by atoms with Crippen LogP contribution in [0.15, 0.2) is 31.8 Å². The van der Waals surface area contributed by atoms with Crippen LogP contribution < -0.4 is 4.74 Å². The summed E-state index contributed by atoms with van der Waals surface area (Å²) in [6.07, 6.45) is 0. The predicted octanol–water partition coefficient (Wildman–Crippen LogP) is 4.81. The quantitative estimate of drug-likeness (QED) is 0.674. The van der Waals surface area contributed by atoms with Crippen molar-refractivity contribution in [1.29, 1.82) is 0 Å². The Morgan fingerprint density at radius 3 is 2.68 bits per heavy atom. The van der Waals surface area contributed by atoms with E-state index in [2.05, 4.69) is 31.9 Å². The van der Waals surface area contributed by atoms with Crippen molar-refractivity contribution in [1.82, 2.24) is 0 Å². The molecule has 0 aliphatic carbocycles. The SMILES string of the molecule is O=C(COc1cccc(F)c1F)c1cc(Br)sc1Br. The Labute approximate surface area is 128 Å². The highest BCUT2D eigenvalue weighted by Gasteiger charge is 2.16. The zero-order chi connectivity index (χ0) is 14.0. The molecule has 2 aromatic rings. The van der Waals surface area contributed by atoms with Crippen LogP contribution >= 0.6 is 43.2 Å². The number of carbonyl (C=O) groups excluding carboxylic acids is 1. The first-order valence-corrected chi connectivity index (χ1v) is 7.44. The smallest absolute Gasteiger partial charge is 0.202 e. The van der Waals surface area contributed by atoms with Crippen LogP contribution in [0.25, 0.3) is 0 Å². The van der Waals surface area contributed by atoms with E-state index in [1.54, 1.807) is 6.07 Å². The Kier molecular flexibility index (Phi) is 4.70. The number of benzene rings is 1. The number of rotatable bonds is 4. The van der Waals surface area contributed by atoms with Gasteiger partial charge in [-0.3, -0.25) is 4.79 Å². The number of ketones is 1. The maximum Gasteiger partial charge on any atom is 0.202 e. The molecule has 0 amide bonds. The van der Waals surface area contributed by atoms with E-state index in [0.717, 1.165) is 9.85 Å². The summed E-state index contributed by atoms with van der Waals surface area (Å²) in [6, 6.07) is 5.21. The van der Waals surface area contributed by atoms with E-state index in [4.69, 9.17) is 4.74 Å². The first kappa shape index (κ1) is 14.6. The lowest BCUT2D eigenvalue weighted by atomic mass is 10.2. The molecule has 19 heavy (non-hydrogen) atoms. The van der Waals surface area contributed by atoms with Crippen molar-refractivity contribution < 1.29 is 18.3 Å². The van der Waals surface area contributed by atoms with Crippen LogP contribution in [0.4, 0.5) is 8.78 Å². The summed E-state index contributed by atoms with van der Waals surface area (Å²) in [5.41, 5.74) is 0.439. The zero-order valence-corrected chi connectivity index (χ0v) is 13.2. The molecule has 0 aliphatic rings. The van der Waals surface area contributed by atoms with Gasteiger partial charge in [0.15, 0.2) is 18.2 Å². The van der Waals surface area contributed by atoms with Gasteiger partial charge in [-0.15, -0.1) is 11.3 Å². The fourth-order valence-corrected chi connectivity index (χ4v) is 4.20. The van der Waals surface area contributed by atoms with Crippen molar-refractivity contribution in [3.8, 4) is 5.75 Å². The molecule has 0 radical (unpaired) electrons. The summed E-state index contributed by atoms with van der Waals surface area (Å²) in [4.78, 5) is 11.9. The van der Waals surface area contributed by atoms with Gasteiger partial charge < -0.3 is 4.74 Å². The molecule has 7 heteroatoms. The first-order valence-electron chi connectivity index (χ1n) is 5.04. The minimum Gasteiger partial charge on any atom is -0.482 e. The van der Waals surface area contributed by atoms with Crippen LogP contribution in [0.2, 0.25) is 0 Å². The van der Waals surface area contributed by atoms with Crippen LogP contribution in [0, 0.1) is 11.6 Å². The van der Waals surface area contributed by atoms with E-state index in [-0.39, 0.29) is 18.1 Å². The number of halogens is 4. The standard InChI is InChI=1S/C12H6Br2F2O2S/c13-10-4-6(12(14)19-10)8(17)5-18-9-3-1-2-7(15)11(9)16/h1-4H,5H2. The highest BCUT2D eigenvalue weighted by atomic mass is 79.9. The molecule has 0 unspecified atom stereocenters. The summed E-state index contributed by atoms with van der Waals surface area (Å²) >= 11 is 7.85. The number of thiophene rings is 1. The van der Waals surface area contributed by atoms with Crippen LogP contribution in [-0.2, 0) is 0 Å². The third-order valence-corrected chi connectivity index (χ3v) is 4.57. The molecule has 0 aliphatic heterocycles. The summed E-state index contributed by atoms with van der Waals surface area (Å²) in [7, 11) is 0. The van der Waals surface area contributed by atoms with Gasteiger partial charge in [0.1, 0.15) is 0 Å². The van der Waals surface area contributed by atoms with Crippen LogP contribution in [0.5, 0.6) is 5.75 Å². The lowest BCUT2D eigenvalue weighted by molar-refractivity contribution is 0.0918. The minimum atomic E-state index is -1.10. The fourth-order valence-electron chi connectivity index (χ4n) is 1.35. The summed E-state index contributed by atoms with van der Waals surface area (Å²) in [5, 5.41) is 0. The molecule has 0 atom stereocenters. The van der Waals surface area contributed by atoms with Gasteiger partial charge in [-0.25, -0.2) is 4.39 Å². The van der Waals surface area contributed by atoms with Gasteiger partial charge >= 0.3 is 0 Å². The second kappa shape index (κ2) is 6.11. The van der Waals surface area contributed by atoms with Crippen molar-refractivity contribution in [3.63, 3.8) is 0 Å². The lowest BCUT2D eigenvalue weighted by Gasteiger charge is -2.06. The molecule has 1 heterocycles. The van der Waals surface area contributed by atoms with Crippen molar-refractivity contribution in [2.75, 3.05) is 6.61 Å². The number of Topliss-reactive ketones (excluding diaryl/α,β-unsaturated/α-hetero) is 1. The molecular weight excluding hydrogens is 406 g/mol. The maximum absolute atomic E-state index is 13.3. The second-order valence-electron chi connectivity index (χ2n) is 3.50. The van der Waals surface area contributed by atoms with E-state index in [1.807, 2.05) is 0 Å². The number of hydrogen-bond donors (Lipinski definition) is 0. The third-order valence-electron chi connectivity index (χ3n) is 2.23. The number of hydrogen-bond acceptors (Lipinski definition) is 3. The minimum absolute atomic E-state index is 0.279. The van der Waals surface area contributed by atoms with Gasteiger partial charge in [-0.05, 0) is 50.1 Å². The molecular formula is C12H6Br2F2O2S. The number of carbonyl (C=O) groups is 1.